The Labute approximate surface area is 146 Å². The number of hydrogen-bond donors (Lipinski definition) is 3. The maximum atomic E-state index is 10.9. The first-order chi connectivity index (χ1) is 9.95. The molecule has 0 aliphatic rings. The lowest BCUT2D eigenvalue weighted by Crippen LogP contribution is -2.22. The van der Waals surface area contributed by atoms with E-state index in [0.717, 1.165) is 5.69 Å². The van der Waals surface area contributed by atoms with E-state index in [0.29, 0.717) is 5.76 Å². The van der Waals surface area contributed by atoms with Crippen molar-refractivity contribution in [3.05, 3.63) is 53.0 Å². The number of guanidine groups is 1. The molecule has 1 heterocycles. The molecule has 0 atom stereocenters. The van der Waals surface area contributed by atoms with Crippen LogP contribution in [-0.4, -0.2) is 11.9 Å². The van der Waals surface area contributed by atoms with Crippen molar-refractivity contribution < 1.29 is 9.21 Å². The van der Waals surface area contributed by atoms with Gasteiger partial charge in [-0.3, -0.25) is 4.79 Å². The van der Waals surface area contributed by atoms with Gasteiger partial charge >= 0.3 is 0 Å². The molecular formula is C15H19IN4O2. The van der Waals surface area contributed by atoms with Gasteiger partial charge in [-0.15, -0.1) is 24.0 Å². The smallest absolute Gasteiger partial charge is 0.284 e. The van der Waals surface area contributed by atoms with Gasteiger partial charge in [0.15, 0.2) is 11.7 Å². The molecule has 0 fully saturated rings. The van der Waals surface area contributed by atoms with Crippen LogP contribution in [0.1, 0.15) is 27.4 Å². The van der Waals surface area contributed by atoms with Crippen molar-refractivity contribution >= 4 is 41.5 Å². The van der Waals surface area contributed by atoms with E-state index in [1.165, 1.54) is 17.2 Å². The maximum Gasteiger partial charge on any atom is 0.284 e. The molecule has 7 heteroatoms. The lowest BCUT2D eigenvalue weighted by atomic mass is 10.1. The average Bonchev–Trinajstić information content (AvgIpc) is 2.90. The summed E-state index contributed by atoms with van der Waals surface area (Å²) in [7, 11) is 0. The number of nitrogens with one attached hydrogen (secondary N) is 1. The molecule has 1 aromatic carbocycles. The minimum Gasteiger partial charge on any atom is -0.454 e. The topological polar surface area (TPSA) is 107 Å². The van der Waals surface area contributed by atoms with Crippen molar-refractivity contribution in [3.8, 4) is 0 Å². The first-order valence-corrected chi connectivity index (χ1v) is 6.48. The number of aliphatic imine (C=N–C) groups is 1. The summed E-state index contributed by atoms with van der Waals surface area (Å²) in [5.41, 5.74) is 14.2. The second-order valence-electron chi connectivity index (χ2n) is 4.76. The van der Waals surface area contributed by atoms with Gasteiger partial charge < -0.3 is 21.2 Å². The molecule has 0 aliphatic carbocycles. The normalized spacial score (nSPS) is 10.9. The molecule has 0 saturated carbocycles. The monoisotopic (exact) mass is 414 g/mol. The highest BCUT2D eigenvalue weighted by molar-refractivity contribution is 14.0. The fourth-order valence-corrected chi connectivity index (χ4v) is 1.76. The highest BCUT2D eigenvalue weighted by Crippen LogP contribution is 2.14. The Morgan fingerprint density at radius 2 is 1.91 bits per heavy atom. The van der Waals surface area contributed by atoms with Gasteiger partial charge in [0, 0.05) is 5.69 Å². The molecule has 2 aromatic rings. The first-order valence-electron chi connectivity index (χ1n) is 6.48. The standard InChI is InChI=1S/C15H18N4O2.HI/c1-9-3-4-11(7-10(9)2)19-15(17)18-8-12-5-6-13(21-12)14(16)20;/h3-7H,8H2,1-2H3,(H2,16,20)(H3,17,18,19);1H. The third kappa shape index (κ3) is 4.76. The van der Waals surface area contributed by atoms with E-state index in [-0.39, 0.29) is 42.2 Å². The zero-order chi connectivity index (χ0) is 15.4. The van der Waals surface area contributed by atoms with Gasteiger partial charge in [-0.25, -0.2) is 4.99 Å². The third-order valence-corrected chi connectivity index (χ3v) is 3.09. The molecule has 5 N–H and O–H groups in total. The Hall–Kier alpha value is -2.03. The van der Waals surface area contributed by atoms with Crippen molar-refractivity contribution in [2.24, 2.45) is 16.5 Å². The van der Waals surface area contributed by atoms with Gasteiger partial charge in [0.1, 0.15) is 12.3 Å². The van der Waals surface area contributed by atoms with Crippen molar-refractivity contribution in [3.63, 3.8) is 0 Å². The zero-order valence-electron chi connectivity index (χ0n) is 12.4. The minimum atomic E-state index is -0.605. The van der Waals surface area contributed by atoms with Gasteiger partial charge in [-0.05, 0) is 49.2 Å². The second-order valence-corrected chi connectivity index (χ2v) is 4.76. The van der Waals surface area contributed by atoms with Crippen LogP contribution >= 0.6 is 24.0 Å². The number of primary amides is 1. The van der Waals surface area contributed by atoms with Crippen LogP contribution in [0, 0.1) is 13.8 Å². The van der Waals surface area contributed by atoms with E-state index in [1.807, 2.05) is 32.0 Å². The molecule has 0 unspecified atom stereocenters. The zero-order valence-corrected chi connectivity index (χ0v) is 14.8. The molecular weight excluding hydrogens is 395 g/mol. The summed E-state index contributed by atoms with van der Waals surface area (Å²) in [6.07, 6.45) is 0. The van der Waals surface area contributed by atoms with E-state index in [9.17, 15) is 4.79 Å². The Morgan fingerprint density at radius 1 is 1.18 bits per heavy atom. The van der Waals surface area contributed by atoms with E-state index < -0.39 is 5.91 Å². The Balaban J connectivity index is 0.00000242. The van der Waals surface area contributed by atoms with Crippen LogP contribution in [0.3, 0.4) is 0 Å². The predicted molar refractivity (Wildman–Crippen MR) is 97.5 cm³/mol. The lowest BCUT2D eigenvalue weighted by Gasteiger charge is -2.07. The largest absolute Gasteiger partial charge is 0.454 e. The van der Waals surface area contributed by atoms with Crippen LogP contribution in [0.15, 0.2) is 39.7 Å². The highest BCUT2D eigenvalue weighted by atomic mass is 127. The van der Waals surface area contributed by atoms with Crippen LogP contribution in [0.4, 0.5) is 5.69 Å². The summed E-state index contributed by atoms with van der Waals surface area (Å²) < 4.78 is 5.22. The fraction of sp³-hybridized carbons (Fsp3) is 0.200. The van der Waals surface area contributed by atoms with Crippen LogP contribution in [-0.2, 0) is 6.54 Å². The quantitative estimate of drug-likeness (QED) is 0.406. The molecule has 22 heavy (non-hydrogen) atoms. The van der Waals surface area contributed by atoms with Crippen LogP contribution in [0.2, 0.25) is 0 Å². The van der Waals surface area contributed by atoms with Gasteiger partial charge in [0.05, 0.1) is 0 Å². The van der Waals surface area contributed by atoms with E-state index in [2.05, 4.69) is 10.3 Å². The van der Waals surface area contributed by atoms with Crippen molar-refractivity contribution in [2.75, 3.05) is 5.32 Å². The predicted octanol–water partition coefficient (Wildman–Crippen LogP) is 2.54. The number of halogens is 1. The summed E-state index contributed by atoms with van der Waals surface area (Å²) in [5.74, 6) is 0.302. The summed E-state index contributed by atoms with van der Waals surface area (Å²) in [6.45, 7) is 4.31. The molecule has 0 saturated heterocycles. The third-order valence-electron chi connectivity index (χ3n) is 3.09. The van der Waals surface area contributed by atoms with Crippen molar-refractivity contribution in [1.29, 1.82) is 0 Å². The van der Waals surface area contributed by atoms with Crippen LogP contribution < -0.4 is 16.8 Å². The number of furan rings is 1. The molecule has 0 aliphatic heterocycles. The number of nitrogens with zero attached hydrogens (tertiary/aromatic N) is 1. The Bertz CT molecular complexity index is 695. The number of hydrogen-bond acceptors (Lipinski definition) is 3. The van der Waals surface area contributed by atoms with E-state index in [1.54, 1.807) is 6.07 Å². The number of aryl methyl sites for hydroxylation is 2. The summed E-state index contributed by atoms with van der Waals surface area (Å²) in [5, 5.41) is 3.00. The summed E-state index contributed by atoms with van der Waals surface area (Å²) >= 11 is 0. The van der Waals surface area contributed by atoms with Crippen molar-refractivity contribution in [2.45, 2.75) is 20.4 Å². The highest BCUT2D eigenvalue weighted by Gasteiger charge is 2.06. The van der Waals surface area contributed by atoms with Crippen molar-refractivity contribution in [1.82, 2.24) is 0 Å². The number of amides is 1. The SMILES string of the molecule is Cc1ccc(NC(N)=NCc2ccc(C(N)=O)o2)cc1C.I. The minimum absolute atomic E-state index is 0. The van der Waals surface area contributed by atoms with Gasteiger partial charge in [0.25, 0.3) is 5.91 Å². The second kappa shape index (κ2) is 7.83. The lowest BCUT2D eigenvalue weighted by molar-refractivity contribution is 0.0972. The van der Waals surface area contributed by atoms with Gasteiger partial charge in [-0.1, -0.05) is 6.07 Å². The molecule has 0 spiro atoms. The number of anilines is 1. The molecule has 118 valence electrons. The molecule has 1 amide bonds. The molecule has 0 radical (unpaired) electrons. The Morgan fingerprint density at radius 3 is 2.50 bits per heavy atom. The average molecular weight is 414 g/mol. The molecule has 0 bridgehead atoms. The molecule has 6 nitrogen and oxygen atoms in total. The van der Waals surface area contributed by atoms with E-state index in [4.69, 9.17) is 15.9 Å². The van der Waals surface area contributed by atoms with Crippen LogP contribution in [0.5, 0.6) is 0 Å². The Kier molecular flexibility index (Phi) is 6.41. The number of carbonyl (C=O) groups excluding carboxylic acids is 1. The summed E-state index contributed by atoms with van der Waals surface area (Å²) in [6, 6.07) is 9.10. The van der Waals surface area contributed by atoms with E-state index >= 15 is 0 Å². The number of benzene rings is 1. The molecule has 2 rings (SSSR count). The maximum absolute atomic E-state index is 10.9. The number of nitrogens with two attached hydrogens (primary N) is 2. The van der Waals surface area contributed by atoms with Gasteiger partial charge in [0.2, 0.25) is 0 Å². The first kappa shape index (κ1) is 18.0. The number of rotatable bonds is 4. The van der Waals surface area contributed by atoms with Crippen LogP contribution in [0.25, 0.3) is 0 Å². The summed E-state index contributed by atoms with van der Waals surface area (Å²) in [4.78, 5) is 15.1. The fourth-order valence-electron chi connectivity index (χ4n) is 1.76. The van der Waals surface area contributed by atoms with Gasteiger partial charge in [-0.2, -0.15) is 0 Å². The number of carbonyl (C=O) groups is 1. The molecule has 1 aromatic heterocycles.